The van der Waals surface area contributed by atoms with Gasteiger partial charge in [-0.2, -0.15) is 0 Å². The summed E-state index contributed by atoms with van der Waals surface area (Å²) in [5, 5.41) is 10.7. The van der Waals surface area contributed by atoms with Gasteiger partial charge < -0.3 is 16.0 Å². The number of rotatable bonds is 6. The number of hydrogen-bond donors (Lipinski definition) is 4. The fourth-order valence-electron chi connectivity index (χ4n) is 2.39. The van der Waals surface area contributed by atoms with Gasteiger partial charge in [0.25, 0.3) is 5.91 Å². The minimum Gasteiger partial charge on any atom is -0.370 e. The predicted octanol–water partition coefficient (Wildman–Crippen LogP) is 2.64. The van der Waals surface area contributed by atoms with Crippen molar-refractivity contribution in [1.82, 2.24) is 10.6 Å². The van der Waals surface area contributed by atoms with Crippen LogP contribution in [0, 0.1) is 0 Å². The first-order chi connectivity index (χ1) is 12.5. The average molecular weight is 354 g/mol. The minimum absolute atomic E-state index is 0.185. The van der Waals surface area contributed by atoms with E-state index in [1.54, 1.807) is 43.3 Å². The smallest absolute Gasteiger partial charge is 0.321 e. The van der Waals surface area contributed by atoms with Crippen LogP contribution in [0.5, 0.6) is 0 Å². The van der Waals surface area contributed by atoms with Gasteiger partial charge in [-0.15, -0.1) is 0 Å². The molecule has 0 unspecified atom stereocenters. The lowest BCUT2D eigenvalue weighted by atomic mass is 10.1. The zero-order chi connectivity index (χ0) is 18.9. The number of urea groups is 1. The number of benzene rings is 2. The molecule has 2 aromatic rings. The highest BCUT2D eigenvalue weighted by Gasteiger charge is 2.22. The van der Waals surface area contributed by atoms with Gasteiger partial charge in [-0.1, -0.05) is 36.4 Å². The van der Waals surface area contributed by atoms with Gasteiger partial charge in [0, 0.05) is 24.8 Å². The van der Waals surface area contributed by atoms with Crippen LogP contribution in [0.4, 0.5) is 16.2 Å². The Labute approximate surface area is 152 Å². The largest absolute Gasteiger partial charge is 0.370 e. The van der Waals surface area contributed by atoms with Crippen molar-refractivity contribution >= 4 is 29.2 Å². The molecule has 0 heterocycles. The van der Waals surface area contributed by atoms with Crippen LogP contribution in [0.2, 0.25) is 0 Å². The van der Waals surface area contributed by atoms with Gasteiger partial charge in [0.2, 0.25) is 5.91 Å². The molecule has 0 aromatic heterocycles. The number of imide groups is 1. The molecule has 0 saturated carbocycles. The Balaban J connectivity index is 2.23. The molecule has 4 amide bonds. The quantitative estimate of drug-likeness (QED) is 0.641. The molecule has 7 nitrogen and oxygen atoms in total. The summed E-state index contributed by atoms with van der Waals surface area (Å²) >= 11 is 0. The lowest BCUT2D eigenvalue weighted by molar-refractivity contribution is -0.121. The molecule has 0 aliphatic rings. The summed E-state index contributed by atoms with van der Waals surface area (Å²) in [7, 11) is 0. The third-order valence-corrected chi connectivity index (χ3v) is 3.46. The van der Waals surface area contributed by atoms with Crippen molar-refractivity contribution in [2.45, 2.75) is 19.9 Å². The fourth-order valence-corrected chi connectivity index (χ4v) is 2.39. The van der Waals surface area contributed by atoms with E-state index in [1.807, 2.05) is 18.2 Å². The first-order valence-corrected chi connectivity index (χ1v) is 8.27. The van der Waals surface area contributed by atoms with Crippen LogP contribution < -0.4 is 21.3 Å². The van der Waals surface area contributed by atoms with E-state index in [9.17, 15) is 14.4 Å². The van der Waals surface area contributed by atoms with Crippen molar-refractivity contribution in [3.05, 3.63) is 60.2 Å². The predicted molar refractivity (Wildman–Crippen MR) is 101 cm³/mol. The van der Waals surface area contributed by atoms with Gasteiger partial charge in [0.05, 0.1) is 0 Å². The minimum atomic E-state index is -0.772. The molecule has 2 aromatic carbocycles. The van der Waals surface area contributed by atoms with Gasteiger partial charge in [-0.3, -0.25) is 14.9 Å². The highest BCUT2D eigenvalue weighted by atomic mass is 16.2. The molecule has 0 saturated heterocycles. The molecule has 0 bridgehead atoms. The Morgan fingerprint density at radius 2 is 1.65 bits per heavy atom. The first-order valence-electron chi connectivity index (χ1n) is 8.27. The number of nitrogens with one attached hydrogen (secondary N) is 4. The Bertz CT molecular complexity index is 777. The lowest BCUT2D eigenvalue weighted by Crippen LogP contribution is -2.43. The van der Waals surface area contributed by atoms with Gasteiger partial charge in [0.15, 0.2) is 0 Å². The molecule has 0 aliphatic carbocycles. The number of amides is 4. The lowest BCUT2D eigenvalue weighted by Gasteiger charge is -2.20. The fraction of sp³-hybridized carbons (Fsp3) is 0.211. The Kier molecular flexibility index (Phi) is 6.73. The molecular weight excluding hydrogens is 332 g/mol. The van der Waals surface area contributed by atoms with Crippen LogP contribution >= 0.6 is 0 Å². The second-order valence-corrected chi connectivity index (χ2v) is 5.60. The van der Waals surface area contributed by atoms with Crippen LogP contribution in [0.1, 0.15) is 25.5 Å². The third-order valence-electron chi connectivity index (χ3n) is 3.46. The molecule has 7 heteroatoms. The number of carbonyl (C=O) groups excluding carboxylic acids is 3. The van der Waals surface area contributed by atoms with Crippen LogP contribution in [0.3, 0.4) is 0 Å². The monoisotopic (exact) mass is 354 g/mol. The zero-order valence-corrected chi connectivity index (χ0v) is 14.7. The summed E-state index contributed by atoms with van der Waals surface area (Å²) in [4.78, 5) is 35.5. The summed E-state index contributed by atoms with van der Waals surface area (Å²) in [5.74, 6) is -0.664. The molecular formula is C19H22N4O3. The van der Waals surface area contributed by atoms with Crippen molar-refractivity contribution in [1.29, 1.82) is 0 Å². The third kappa shape index (κ3) is 5.62. The molecule has 4 N–H and O–H groups in total. The standard InChI is InChI=1S/C19H22N4O3/c1-3-20-19(26)23-18(25)17(14-8-5-4-6-9-14)22-16-11-7-10-15(12-16)21-13(2)24/h4-12,17,22H,3H2,1-2H3,(H,21,24)(H2,20,23,25,26)/t17-/m1/s1. The summed E-state index contributed by atoms with van der Waals surface area (Å²) in [6.45, 7) is 3.61. The molecule has 26 heavy (non-hydrogen) atoms. The first kappa shape index (κ1) is 19.0. The van der Waals surface area contributed by atoms with Crippen LogP contribution in [-0.2, 0) is 9.59 Å². The average Bonchev–Trinajstić information content (AvgIpc) is 2.60. The number of anilines is 2. The van der Waals surface area contributed by atoms with Crippen molar-refractivity contribution < 1.29 is 14.4 Å². The van der Waals surface area contributed by atoms with Crippen LogP contribution in [0.25, 0.3) is 0 Å². The van der Waals surface area contributed by atoms with Crippen molar-refractivity contribution in [3.63, 3.8) is 0 Å². The van der Waals surface area contributed by atoms with Gasteiger partial charge in [0.1, 0.15) is 6.04 Å². The maximum Gasteiger partial charge on any atom is 0.321 e. The van der Waals surface area contributed by atoms with Gasteiger partial charge in [-0.05, 0) is 30.7 Å². The molecule has 0 radical (unpaired) electrons. The number of hydrogen-bond acceptors (Lipinski definition) is 4. The van der Waals surface area contributed by atoms with E-state index < -0.39 is 18.0 Å². The maximum absolute atomic E-state index is 12.6. The summed E-state index contributed by atoms with van der Waals surface area (Å²) in [6.07, 6.45) is 0. The molecule has 0 aliphatic heterocycles. The van der Waals surface area contributed by atoms with Gasteiger partial charge in [-0.25, -0.2) is 4.79 Å². The second kappa shape index (κ2) is 9.22. The van der Waals surface area contributed by atoms with Crippen molar-refractivity contribution in [2.24, 2.45) is 0 Å². The molecule has 136 valence electrons. The van der Waals surface area contributed by atoms with E-state index in [1.165, 1.54) is 6.92 Å². The topological polar surface area (TPSA) is 99.3 Å². The summed E-state index contributed by atoms with van der Waals surface area (Å²) < 4.78 is 0. The summed E-state index contributed by atoms with van der Waals surface area (Å²) in [5.41, 5.74) is 1.95. The molecule has 1 atom stereocenters. The van der Waals surface area contributed by atoms with E-state index >= 15 is 0 Å². The van der Waals surface area contributed by atoms with Gasteiger partial charge >= 0.3 is 6.03 Å². The SMILES string of the molecule is CCNC(=O)NC(=O)[C@H](Nc1cccc(NC(C)=O)c1)c1ccccc1. The van der Waals surface area contributed by atoms with E-state index in [2.05, 4.69) is 21.3 Å². The Morgan fingerprint density at radius 3 is 2.31 bits per heavy atom. The summed E-state index contributed by atoms with van der Waals surface area (Å²) in [6, 6.07) is 14.8. The molecule has 0 fully saturated rings. The Morgan fingerprint density at radius 1 is 0.962 bits per heavy atom. The van der Waals surface area contributed by atoms with E-state index in [0.717, 1.165) is 0 Å². The van der Waals surface area contributed by atoms with Crippen LogP contribution in [0.15, 0.2) is 54.6 Å². The van der Waals surface area contributed by atoms with Crippen molar-refractivity contribution in [3.8, 4) is 0 Å². The Hall–Kier alpha value is -3.35. The van der Waals surface area contributed by atoms with Crippen molar-refractivity contribution in [2.75, 3.05) is 17.2 Å². The number of carbonyl (C=O) groups is 3. The normalized spacial score (nSPS) is 11.2. The van der Waals surface area contributed by atoms with E-state index in [-0.39, 0.29) is 5.91 Å². The highest BCUT2D eigenvalue weighted by molar-refractivity contribution is 5.98. The molecule has 0 spiro atoms. The zero-order valence-electron chi connectivity index (χ0n) is 14.7. The molecule has 2 rings (SSSR count). The second-order valence-electron chi connectivity index (χ2n) is 5.60. The maximum atomic E-state index is 12.6. The van der Waals surface area contributed by atoms with Crippen LogP contribution in [-0.4, -0.2) is 24.4 Å². The highest BCUT2D eigenvalue weighted by Crippen LogP contribution is 2.22. The van der Waals surface area contributed by atoms with E-state index in [0.29, 0.717) is 23.5 Å². The van der Waals surface area contributed by atoms with E-state index in [4.69, 9.17) is 0 Å².